The maximum atomic E-state index is 9.41. The summed E-state index contributed by atoms with van der Waals surface area (Å²) in [4.78, 5) is 0. The van der Waals surface area contributed by atoms with Crippen molar-refractivity contribution in [1.82, 2.24) is 0 Å². The lowest BCUT2D eigenvalue weighted by Gasteiger charge is -2.16. The zero-order valence-electron chi connectivity index (χ0n) is 10.0. The van der Waals surface area contributed by atoms with Crippen molar-refractivity contribution in [3.63, 3.8) is 0 Å². The van der Waals surface area contributed by atoms with E-state index in [1.165, 1.54) is 0 Å². The molecule has 0 aromatic heterocycles. The van der Waals surface area contributed by atoms with E-state index in [9.17, 15) is 5.11 Å². The second-order valence-electron chi connectivity index (χ2n) is 3.75. The highest BCUT2D eigenvalue weighted by Crippen LogP contribution is 2.37. The van der Waals surface area contributed by atoms with Gasteiger partial charge >= 0.3 is 0 Å². The molecule has 0 fully saturated rings. The Morgan fingerprint density at radius 3 is 2.44 bits per heavy atom. The third-order valence-corrected chi connectivity index (χ3v) is 2.82. The van der Waals surface area contributed by atoms with Crippen molar-refractivity contribution in [3.05, 3.63) is 22.2 Å². The van der Waals surface area contributed by atoms with Crippen LogP contribution in [0.15, 0.2) is 6.07 Å². The molecule has 0 spiro atoms. The Morgan fingerprint density at radius 2 is 2.00 bits per heavy atom. The first-order chi connectivity index (χ1) is 7.51. The van der Waals surface area contributed by atoms with Gasteiger partial charge in [-0.05, 0) is 31.4 Å². The Bertz CT molecular complexity index is 375. The molecule has 3 nitrogen and oxygen atoms in total. The van der Waals surface area contributed by atoms with Gasteiger partial charge in [-0.3, -0.25) is 0 Å². The fourth-order valence-electron chi connectivity index (χ4n) is 1.72. The molecule has 0 aliphatic carbocycles. The molecule has 1 aromatic carbocycles. The highest BCUT2D eigenvalue weighted by atomic mass is 35.5. The SMILES string of the molecule is COc1cc(Cl)c(CC(C)O)c(C)c1OC. The minimum atomic E-state index is -0.436. The lowest BCUT2D eigenvalue weighted by molar-refractivity contribution is 0.195. The van der Waals surface area contributed by atoms with Gasteiger partial charge in [0.25, 0.3) is 0 Å². The predicted molar refractivity (Wildman–Crippen MR) is 64.7 cm³/mol. The van der Waals surface area contributed by atoms with E-state index in [1.807, 2.05) is 6.92 Å². The number of hydrogen-bond donors (Lipinski definition) is 1. The molecule has 0 saturated heterocycles. The number of aliphatic hydroxyl groups excluding tert-OH is 1. The van der Waals surface area contributed by atoms with Crippen molar-refractivity contribution >= 4 is 11.6 Å². The minimum Gasteiger partial charge on any atom is -0.493 e. The molecule has 1 N–H and O–H groups in total. The molecule has 0 saturated carbocycles. The standard InChI is InChI=1S/C12H17ClO3/c1-7(14)5-9-8(2)12(16-4)11(15-3)6-10(9)13/h6-7,14H,5H2,1-4H3. The average Bonchev–Trinajstić information content (AvgIpc) is 2.23. The summed E-state index contributed by atoms with van der Waals surface area (Å²) in [6.07, 6.45) is 0.0691. The van der Waals surface area contributed by atoms with Crippen LogP contribution in [0.25, 0.3) is 0 Å². The molecule has 0 aliphatic heterocycles. The molecule has 90 valence electrons. The van der Waals surface area contributed by atoms with Gasteiger partial charge in [0.1, 0.15) is 0 Å². The van der Waals surface area contributed by atoms with Crippen LogP contribution in [-0.4, -0.2) is 25.4 Å². The highest BCUT2D eigenvalue weighted by Gasteiger charge is 2.16. The van der Waals surface area contributed by atoms with Gasteiger partial charge in [-0.25, -0.2) is 0 Å². The van der Waals surface area contributed by atoms with Gasteiger partial charge in [0.05, 0.1) is 20.3 Å². The van der Waals surface area contributed by atoms with E-state index < -0.39 is 6.10 Å². The van der Waals surface area contributed by atoms with Gasteiger partial charge in [-0.1, -0.05) is 11.6 Å². The smallest absolute Gasteiger partial charge is 0.163 e. The Kier molecular flexibility index (Phi) is 4.44. The molecular weight excluding hydrogens is 228 g/mol. The molecule has 16 heavy (non-hydrogen) atoms. The van der Waals surface area contributed by atoms with Crippen molar-refractivity contribution in [2.24, 2.45) is 0 Å². The van der Waals surface area contributed by atoms with Gasteiger partial charge in [0, 0.05) is 11.1 Å². The van der Waals surface area contributed by atoms with Crippen LogP contribution in [0.1, 0.15) is 18.1 Å². The summed E-state index contributed by atoms with van der Waals surface area (Å²) < 4.78 is 10.5. The van der Waals surface area contributed by atoms with Crippen LogP contribution in [0, 0.1) is 6.92 Å². The fraction of sp³-hybridized carbons (Fsp3) is 0.500. The Labute approximate surface area is 101 Å². The van der Waals surface area contributed by atoms with Crippen LogP contribution in [0.5, 0.6) is 11.5 Å². The molecule has 1 rings (SSSR count). The molecule has 1 atom stereocenters. The number of methoxy groups -OCH3 is 2. The Hall–Kier alpha value is -0.930. The summed E-state index contributed by atoms with van der Waals surface area (Å²) in [7, 11) is 3.16. The van der Waals surface area contributed by atoms with Gasteiger partial charge in [0.15, 0.2) is 11.5 Å². The first-order valence-corrected chi connectivity index (χ1v) is 5.47. The van der Waals surface area contributed by atoms with Gasteiger partial charge in [-0.15, -0.1) is 0 Å². The minimum absolute atomic E-state index is 0.436. The van der Waals surface area contributed by atoms with Crippen molar-refractivity contribution in [1.29, 1.82) is 0 Å². The summed E-state index contributed by atoms with van der Waals surface area (Å²) in [6.45, 7) is 3.64. The highest BCUT2D eigenvalue weighted by molar-refractivity contribution is 6.31. The van der Waals surface area contributed by atoms with Crippen molar-refractivity contribution in [3.8, 4) is 11.5 Å². The van der Waals surface area contributed by atoms with E-state index in [-0.39, 0.29) is 0 Å². The number of rotatable bonds is 4. The largest absolute Gasteiger partial charge is 0.493 e. The third kappa shape index (κ3) is 2.60. The Morgan fingerprint density at radius 1 is 1.38 bits per heavy atom. The lowest BCUT2D eigenvalue weighted by atomic mass is 10.0. The molecule has 0 amide bonds. The van der Waals surface area contributed by atoms with Crippen molar-refractivity contribution < 1.29 is 14.6 Å². The van der Waals surface area contributed by atoms with E-state index in [4.69, 9.17) is 21.1 Å². The summed E-state index contributed by atoms with van der Waals surface area (Å²) in [5.74, 6) is 1.28. The molecule has 0 radical (unpaired) electrons. The number of ether oxygens (including phenoxy) is 2. The maximum absolute atomic E-state index is 9.41. The second-order valence-corrected chi connectivity index (χ2v) is 4.16. The summed E-state index contributed by atoms with van der Waals surface area (Å²) >= 11 is 6.14. The second kappa shape index (κ2) is 5.41. The third-order valence-electron chi connectivity index (χ3n) is 2.49. The van der Waals surface area contributed by atoms with Crippen LogP contribution in [-0.2, 0) is 6.42 Å². The molecule has 1 aromatic rings. The van der Waals surface area contributed by atoms with Crippen LogP contribution in [0.2, 0.25) is 5.02 Å². The number of aliphatic hydroxyl groups is 1. The van der Waals surface area contributed by atoms with Gasteiger partial charge < -0.3 is 14.6 Å². The van der Waals surface area contributed by atoms with E-state index in [2.05, 4.69) is 0 Å². The topological polar surface area (TPSA) is 38.7 Å². The maximum Gasteiger partial charge on any atom is 0.163 e. The van der Waals surface area contributed by atoms with Gasteiger partial charge in [-0.2, -0.15) is 0 Å². The number of halogens is 1. The van der Waals surface area contributed by atoms with Crippen LogP contribution < -0.4 is 9.47 Å². The summed E-state index contributed by atoms with van der Waals surface area (Å²) in [5, 5.41) is 10.0. The van der Waals surface area contributed by atoms with Crippen molar-refractivity contribution in [2.75, 3.05) is 14.2 Å². The zero-order valence-corrected chi connectivity index (χ0v) is 10.8. The monoisotopic (exact) mass is 244 g/mol. The van der Waals surface area contributed by atoms with Crippen LogP contribution in [0.4, 0.5) is 0 Å². The van der Waals surface area contributed by atoms with E-state index >= 15 is 0 Å². The first-order valence-electron chi connectivity index (χ1n) is 5.09. The normalized spacial score (nSPS) is 12.4. The van der Waals surface area contributed by atoms with E-state index in [1.54, 1.807) is 27.2 Å². The van der Waals surface area contributed by atoms with Crippen LogP contribution >= 0.6 is 11.6 Å². The molecule has 4 heteroatoms. The van der Waals surface area contributed by atoms with E-state index in [0.717, 1.165) is 11.1 Å². The predicted octanol–water partition coefficient (Wildman–Crippen LogP) is 2.59. The first kappa shape index (κ1) is 13.1. The quantitative estimate of drug-likeness (QED) is 0.885. The van der Waals surface area contributed by atoms with Gasteiger partial charge in [0.2, 0.25) is 0 Å². The summed E-state index contributed by atoms with van der Waals surface area (Å²) in [6, 6.07) is 1.71. The van der Waals surface area contributed by atoms with Crippen LogP contribution in [0.3, 0.4) is 0 Å². The summed E-state index contributed by atoms with van der Waals surface area (Å²) in [5.41, 5.74) is 1.81. The molecule has 0 heterocycles. The molecule has 0 bridgehead atoms. The van der Waals surface area contributed by atoms with E-state index in [0.29, 0.717) is 22.9 Å². The lowest BCUT2D eigenvalue weighted by Crippen LogP contribution is -2.07. The van der Waals surface area contributed by atoms with Crippen molar-refractivity contribution in [2.45, 2.75) is 26.4 Å². The molecular formula is C12H17ClO3. The average molecular weight is 245 g/mol. The Balaban J connectivity index is 3.29. The number of benzene rings is 1. The zero-order chi connectivity index (χ0) is 12.3. The molecule has 0 aliphatic rings. The molecule has 1 unspecified atom stereocenters. The fourth-order valence-corrected chi connectivity index (χ4v) is 2.04. The number of hydrogen-bond acceptors (Lipinski definition) is 3.